The Morgan fingerprint density at radius 1 is 0.672 bits per heavy atom. The molecule has 1 aliphatic heterocycles. The lowest BCUT2D eigenvalue weighted by Crippen LogP contribution is -2.44. The first-order chi connectivity index (χ1) is 27.5. The van der Waals surface area contributed by atoms with Gasteiger partial charge >= 0.3 is 12.2 Å². The minimum absolute atomic E-state index is 0.221. The number of rotatable bonds is 5. The van der Waals surface area contributed by atoms with Crippen LogP contribution in [0.1, 0.15) is 52.9 Å². The van der Waals surface area contributed by atoms with Gasteiger partial charge < -0.3 is 29.9 Å². The Balaban J connectivity index is 0.000000200. The number of aromatic nitrogens is 4. The third kappa shape index (κ3) is 10.4. The number of fused-ring (bicyclic) bond motifs is 2. The normalized spacial score (nSPS) is 13.2. The lowest BCUT2D eigenvalue weighted by Gasteiger charge is -2.34. The molecule has 14 nitrogen and oxygen atoms in total. The lowest BCUT2D eigenvalue weighted by atomic mass is 10.2. The summed E-state index contributed by atoms with van der Waals surface area (Å²) >= 11 is 6.00. The van der Waals surface area contributed by atoms with Crippen molar-refractivity contribution in [1.82, 2.24) is 24.0 Å². The minimum Gasteiger partial charge on any atom is -0.443 e. The highest BCUT2D eigenvalue weighted by molar-refractivity contribution is 6.30. The largest absolute Gasteiger partial charge is 0.443 e. The number of ether oxygens (including phenoxy) is 2. The quantitative estimate of drug-likeness (QED) is 0.170. The highest BCUT2D eigenvalue weighted by Crippen LogP contribution is 2.28. The van der Waals surface area contributed by atoms with Crippen molar-refractivity contribution in [2.45, 2.75) is 52.7 Å². The summed E-state index contributed by atoms with van der Waals surface area (Å²) in [7, 11) is 2.11. The van der Waals surface area contributed by atoms with Gasteiger partial charge in [0, 0.05) is 77.5 Å². The molecule has 1 saturated heterocycles. The van der Waals surface area contributed by atoms with Crippen molar-refractivity contribution < 1.29 is 19.1 Å². The van der Waals surface area contributed by atoms with Gasteiger partial charge in [0.25, 0.3) is 0 Å². The number of nitrogens with zero attached hydrogens (tertiary/aromatic N) is 8. The van der Waals surface area contributed by atoms with E-state index >= 15 is 0 Å². The Morgan fingerprint density at radius 2 is 1.14 bits per heavy atom. The molecule has 0 bridgehead atoms. The molecule has 0 unspecified atom stereocenters. The number of likely N-dealkylation sites (N-methyl/N-ethyl adjacent to an activating group) is 1. The van der Waals surface area contributed by atoms with Gasteiger partial charge in [0.1, 0.15) is 46.4 Å². The van der Waals surface area contributed by atoms with Crippen LogP contribution in [0.5, 0.6) is 0 Å². The number of nitriles is 2. The number of piperazine rings is 1. The zero-order valence-electron chi connectivity index (χ0n) is 33.5. The summed E-state index contributed by atoms with van der Waals surface area (Å²) in [5.41, 5.74) is 3.32. The molecule has 6 aromatic rings. The zero-order chi connectivity index (χ0) is 41.8. The number of benzene rings is 2. The average molecular weight is 801 g/mol. The van der Waals surface area contributed by atoms with Gasteiger partial charge in [-0.05, 0) is 103 Å². The van der Waals surface area contributed by atoms with E-state index in [0.29, 0.717) is 33.6 Å². The van der Waals surface area contributed by atoms with E-state index in [0.717, 1.165) is 53.8 Å². The van der Waals surface area contributed by atoms with Crippen molar-refractivity contribution >= 4 is 74.3 Å². The lowest BCUT2D eigenvalue weighted by molar-refractivity contribution is 0.0533. The SMILES string of the molecule is CC(C)(C)OC(=O)n1ccc2ccc(Nc3cc(Cl)cc(C#N)n3)cc21.CN1CCN(c2cc(C#N)nc(Nc3ccc4ccn(C(=O)OC(C)(C)C)c4c3)c2)CC1. The highest BCUT2D eigenvalue weighted by atomic mass is 35.5. The molecule has 15 heteroatoms. The molecule has 0 spiro atoms. The monoisotopic (exact) mass is 800 g/mol. The Kier molecular flexibility index (Phi) is 11.9. The van der Waals surface area contributed by atoms with Crippen molar-refractivity contribution in [2.75, 3.05) is 48.8 Å². The molecule has 298 valence electrons. The van der Waals surface area contributed by atoms with Crippen LogP contribution < -0.4 is 15.5 Å². The summed E-state index contributed by atoms with van der Waals surface area (Å²) in [5, 5.41) is 27.1. The van der Waals surface area contributed by atoms with Crippen molar-refractivity contribution in [1.29, 1.82) is 10.5 Å². The predicted molar refractivity (Wildman–Crippen MR) is 226 cm³/mol. The molecule has 1 aliphatic rings. The van der Waals surface area contributed by atoms with Crippen LogP contribution in [0.2, 0.25) is 5.02 Å². The Morgan fingerprint density at radius 3 is 1.60 bits per heavy atom. The molecule has 0 aliphatic carbocycles. The van der Waals surface area contributed by atoms with E-state index in [1.54, 1.807) is 18.5 Å². The van der Waals surface area contributed by atoms with Gasteiger partial charge in [-0.2, -0.15) is 10.5 Å². The van der Waals surface area contributed by atoms with E-state index in [9.17, 15) is 14.9 Å². The van der Waals surface area contributed by atoms with Gasteiger partial charge in [-0.1, -0.05) is 23.7 Å². The van der Waals surface area contributed by atoms with Gasteiger partial charge in [-0.25, -0.2) is 19.6 Å². The van der Waals surface area contributed by atoms with Crippen molar-refractivity contribution in [3.63, 3.8) is 0 Å². The molecule has 5 heterocycles. The Hall–Kier alpha value is -6.61. The first-order valence-corrected chi connectivity index (χ1v) is 19.0. The maximum absolute atomic E-state index is 12.6. The predicted octanol–water partition coefficient (Wildman–Crippen LogP) is 9.27. The molecule has 1 fully saturated rings. The first-order valence-electron chi connectivity index (χ1n) is 18.6. The van der Waals surface area contributed by atoms with Crippen molar-refractivity contribution in [2.24, 2.45) is 0 Å². The average Bonchev–Trinajstić information content (AvgIpc) is 3.78. The highest BCUT2D eigenvalue weighted by Gasteiger charge is 2.21. The molecular weight excluding hydrogens is 756 g/mol. The topological polar surface area (TPSA) is 166 Å². The molecule has 0 amide bonds. The van der Waals surface area contributed by atoms with Crippen LogP contribution in [0, 0.1) is 22.7 Å². The Bertz CT molecular complexity index is 2560. The summed E-state index contributed by atoms with van der Waals surface area (Å²) in [6.07, 6.45) is 2.51. The molecule has 0 saturated carbocycles. The van der Waals surface area contributed by atoms with Crippen LogP contribution in [0.25, 0.3) is 21.8 Å². The van der Waals surface area contributed by atoms with E-state index in [2.05, 4.69) is 43.5 Å². The van der Waals surface area contributed by atoms with Crippen molar-refractivity contribution in [3.05, 3.63) is 102 Å². The molecule has 2 aromatic carbocycles. The molecular formula is C43H45ClN10O4. The second kappa shape index (κ2) is 16.9. The van der Waals surface area contributed by atoms with Gasteiger partial charge in [-0.15, -0.1) is 0 Å². The molecule has 7 rings (SSSR count). The Labute approximate surface area is 342 Å². The van der Waals surface area contributed by atoms with Crippen LogP contribution in [-0.4, -0.2) is 80.6 Å². The molecule has 0 atom stereocenters. The van der Waals surface area contributed by atoms with Crippen LogP contribution >= 0.6 is 11.6 Å². The number of hydrogen-bond donors (Lipinski definition) is 2. The number of pyridine rings is 2. The molecule has 4 aromatic heterocycles. The summed E-state index contributed by atoms with van der Waals surface area (Å²) < 4.78 is 13.9. The third-order valence-corrected chi connectivity index (χ3v) is 9.03. The molecule has 58 heavy (non-hydrogen) atoms. The number of anilines is 5. The number of carbonyl (C=O) groups excluding carboxylic acids is 2. The first kappa shape index (κ1) is 41.0. The van der Waals surface area contributed by atoms with E-state index in [4.69, 9.17) is 26.3 Å². The second-order valence-corrected chi connectivity index (χ2v) is 16.2. The molecule has 2 N–H and O–H groups in total. The smallest absolute Gasteiger partial charge is 0.418 e. The standard InChI is InChI=1S/C24H28N6O2.C19H17ClN4O2/c1-24(2,3)32-23(31)30-8-7-17-5-6-18(14-21(17)30)26-22-15-20(13-19(16-25)27-22)29-11-9-28(4)10-12-29;1-19(2,3)26-18(25)24-7-6-12-4-5-14(10-16(12)24)22-17-9-13(20)8-15(11-21)23-17/h5-8,13-15H,9-12H2,1-4H3,(H,26,27);4-10H,1-3H3,(H,22,23). The van der Waals surface area contributed by atoms with Crippen LogP contribution in [-0.2, 0) is 9.47 Å². The summed E-state index contributed by atoms with van der Waals surface area (Å²) in [6, 6.07) is 26.1. The maximum atomic E-state index is 12.6. The number of halogens is 1. The zero-order valence-corrected chi connectivity index (χ0v) is 34.3. The van der Waals surface area contributed by atoms with Gasteiger partial charge in [0.15, 0.2) is 0 Å². The van der Waals surface area contributed by atoms with E-state index < -0.39 is 23.4 Å². The number of hydrogen-bond acceptors (Lipinski definition) is 12. The van der Waals surface area contributed by atoms with E-state index in [1.165, 1.54) is 15.2 Å². The number of carbonyl (C=O) groups is 2. The van der Waals surface area contributed by atoms with E-state index in [1.807, 2.05) is 108 Å². The van der Waals surface area contributed by atoms with Gasteiger partial charge in [-0.3, -0.25) is 9.13 Å². The maximum Gasteiger partial charge on any atom is 0.418 e. The van der Waals surface area contributed by atoms with Gasteiger partial charge in [0.05, 0.1) is 11.0 Å². The van der Waals surface area contributed by atoms with Gasteiger partial charge in [0.2, 0.25) is 0 Å². The van der Waals surface area contributed by atoms with Crippen LogP contribution in [0.3, 0.4) is 0 Å². The second-order valence-electron chi connectivity index (χ2n) is 15.8. The summed E-state index contributed by atoms with van der Waals surface area (Å²) in [6.45, 7) is 14.8. The summed E-state index contributed by atoms with van der Waals surface area (Å²) in [5.74, 6) is 1.04. The summed E-state index contributed by atoms with van der Waals surface area (Å²) in [4.78, 5) is 38.1. The fourth-order valence-electron chi connectivity index (χ4n) is 6.15. The fraction of sp³-hybridized carbons (Fsp3) is 0.302. The van der Waals surface area contributed by atoms with Crippen LogP contribution in [0.4, 0.5) is 38.3 Å². The number of nitrogens with one attached hydrogen (secondary N) is 2. The van der Waals surface area contributed by atoms with Crippen LogP contribution in [0.15, 0.2) is 85.2 Å². The fourth-order valence-corrected chi connectivity index (χ4v) is 6.36. The molecule has 0 radical (unpaired) electrons. The third-order valence-electron chi connectivity index (χ3n) is 8.81. The van der Waals surface area contributed by atoms with Crippen molar-refractivity contribution in [3.8, 4) is 12.1 Å². The minimum atomic E-state index is -0.581. The van der Waals surface area contributed by atoms with E-state index in [-0.39, 0.29) is 5.69 Å².